The predicted octanol–water partition coefficient (Wildman–Crippen LogP) is 3.62. The minimum Gasteiger partial charge on any atom is -0.360 e. The van der Waals surface area contributed by atoms with Crippen molar-refractivity contribution < 1.29 is 18.1 Å². The highest BCUT2D eigenvalue weighted by molar-refractivity contribution is 5.92. The van der Waals surface area contributed by atoms with Gasteiger partial charge < -0.3 is 9.84 Å². The van der Waals surface area contributed by atoms with Crippen LogP contribution in [0.4, 0.5) is 14.5 Å². The van der Waals surface area contributed by atoms with Crippen LogP contribution in [0.3, 0.4) is 0 Å². The molecule has 0 saturated carbocycles. The van der Waals surface area contributed by atoms with Crippen molar-refractivity contribution in [2.45, 2.75) is 13.0 Å². The smallest absolute Gasteiger partial charge is 0.238 e. The van der Waals surface area contributed by atoms with Gasteiger partial charge in [-0.2, -0.15) is 0 Å². The van der Waals surface area contributed by atoms with Gasteiger partial charge in [0.2, 0.25) is 5.91 Å². The maximum absolute atomic E-state index is 13.6. The molecule has 2 heterocycles. The highest BCUT2D eigenvalue weighted by Gasteiger charge is 2.26. The number of halogens is 2. The lowest BCUT2D eigenvalue weighted by Crippen LogP contribution is -2.36. The Balaban J connectivity index is 1.48. The zero-order valence-electron chi connectivity index (χ0n) is 14.4. The number of aromatic nitrogens is 1. The Hall–Kier alpha value is -3.06. The van der Waals surface area contributed by atoms with Gasteiger partial charge in [-0.25, -0.2) is 8.78 Å². The molecule has 0 radical (unpaired) electrons. The molecule has 138 valence electrons. The van der Waals surface area contributed by atoms with Crippen molar-refractivity contribution in [2.24, 2.45) is 0 Å². The van der Waals surface area contributed by atoms with E-state index in [1.807, 2.05) is 35.2 Å². The van der Waals surface area contributed by atoms with E-state index in [1.165, 1.54) is 6.07 Å². The number of rotatable bonds is 4. The number of hydrogen-bond acceptors (Lipinski definition) is 4. The normalized spacial score (nSPS) is 14.0. The second-order valence-corrected chi connectivity index (χ2v) is 6.44. The standard InChI is InChI=1S/C20H17F2N3O2/c21-16-7-6-13(10-17(16)22)20-15-11-25(9-8-18(15)27-24-20)12-19(26)23-14-4-2-1-3-5-14/h1-7,10H,8-9,11-12H2,(H,23,26). The van der Waals surface area contributed by atoms with Crippen LogP contribution in [-0.2, 0) is 17.8 Å². The lowest BCUT2D eigenvalue weighted by molar-refractivity contribution is -0.117. The Kier molecular flexibility index (Phi) is 4.68. The van der Waals surface area contributed by atoms with Crippen LogP contribution in [0.1, 0.15) is 11.3 Å². The van der Waals surface area contributed by atoms with E-state index < -0.39 is 11.6 Å². The molecule has 0 unspecified atom stereocenters. The van der Waals surface area contributed by atoms with Crippen LogP contribution in [0.25, 0.3) is 11.3 Å². The third-order valence-electron chi connectivity index (χ3n) is 4.52. The third-order valence-corrected chi connectivity index (χ3v) is 4.52. The summed E-state index contributed by atoms with van der Waals surface area (Å²) in [5.41, 5.74) is 2.49. The van der Waals surface area contributed by atoms with Gasteiger partial charge in [-0.3, -0.25) is 9.69 Å². The average molecular weight is 369 g/mol. The van der Waals surface area contributed by atoms with E-state index in [0.717, 1.165) is 29.1 Å². The first-order valence-corrected chi connectivity index (χ1v) is 8.60. The van der Waals surface area contributed by atoms with Crippen molar-refractivity contribution in [2.75, 3.05) is 18.4 Å². The number of carbonyl (C=O) groups excluding carboxylic acids is 1. The summed E-state index contributed by atoms with van der Waals surface area (Å²) in [5.74, 6) is -1.24. The molecule has 1 N–H and O–H groups in total. The molecule has 7 heteroatoms. The lowest BCUT2D eigenvalue weighted by Gasteiger charge is -2.25. The van der Waals surface area contributed by atoms with Crippen LogP contribution in [0.15, 0.2) is 53.1 Å². The van der Waals surface area contributed by atoms with Crippen molar-refractivity contribution in [3.63, 3.8) is 0 Å². The van der Waals surface area contributed by atoms with Crippen LogP contribution < -0.4 is 5.32 Å². The third kappa shape index (κ3) is 3.73. The van der Waals surface area contributed by atoms with Crippen LogP contribution in [-0.4, -0.2) is 29.1 Å². The highest BCUT2D eigenvalue weighted by Crippen LogP contribution is 2.30. The first kappa shape index (κ1) is 17.4. The second kappa shape index (κ2) is 7.28. The zero-order valence-corrected chi connectivity index (χ0v) is 14.4. The van der Waals surface area contributed by atoms with Gasteiger partial charge in [-0.15, -0.1) is 0 Å². The Morgan fingerprint density at radius 1 is 1.15 bits per heavy atom. The molecule has 1 amide bonds. The van der Waals surface area contributed by atoms with E-state index in [0.29, 0.717) is 30.8 Å². The Morgan fingerprint density at radius 3 is 2.74 bits per heavy atom. The van der Waals surface area contributed by atoms with Crippen LogP contribution in [0.5, 0.6) is 0 Å². The first-order valence-electron chi connectivity index (χ1n) is 8.60. The van der Waals surface area contributed by atoms with E-state index in [1.54, 1.807) is 0 Å². The van der Waals surface area contributed by atoms with Crippen molar-refractivity contribution in [1.29, 1.82) is 0 Å². The quantitative estimate of drug-likeness (QED) is 0.763. The fourth-order valence-electron chi connectivity index (χ4n) is 3.20. The molecule has 1 aliphatic rings. The monoisotopic (exact) mass is 369 g/mol. The Labute approximate surface area is 154 Å². The Bertz CT molecular complexity index is 973. The molecular weight excluding hydrogens is 352 g/mol. The van der Waals surface area contributed by atoms with Crippen LogP contribution >= 0.6 is 0 Å². The van der Waals surface area contributed by atoms with Gasteiger partial charge >= 0.3 is 0 Å². The Morgan fingerprint density at radius 2 is 1.96 bits per heavy atom. The number of carbonyl (C=O) groups is 1. The molecule has 0 atom stereocenters. The predicted molar refractivity (Wildman–Crippen MR) is 95.9 cm³/mol. The first-order chi connectivity index (χ1) is 13.1. The molecule has 0 fully saturated rings. The minimum absolute atomic E-state index is 0.115. The van der Waals surface area contributed by atoms with E-state index in [-0.39, 0.29) is 12.5 Å². The molecule has 0 saturated heterocycles. The van der Waals surface area contributed by atoms with Crippen molar-refractivity contribution in [1.82, 2.24) is 10.1 Å². The number of para-hydroxylation sites is 1. The number of nitrogens with one attached hydrogen (secondary N) is 1. The summed E-state index contributed by atoms with van der Waals surface area (Å²) < 4.78 is 32.1. The topological polar surface area (TPSA) is 58.4 Å². The fraction of sp³-hybridized carbons (Fsp3) is 0.200. The van der Waals surface area contributed by atoms with Gasteiger partial charge in [0.1, 0.15) is 11.5 Å². The molecule has 0 aliphatic carbocycles. The highest BCUT2D eigenvalue weighted by atomic mass is 19.2. The molecule has 4 rings (SSSR count). The number of hydrogen-bond donors (Lipinski definition) is 1. The van der Waals surface area contributed by atoms with Gasteiger partial charge in [-0.05, 0) is 30.3 Å². The molecule has 0 bridgehead atoms. The van der Waals surface area contributed by atoms with E-state index in [9.17, 15) is 13.6 Å². The maximum atomic E-state index is 13.6. The van der Waals surface area contributed by atoms with Crippen molar-refractivity contribution >= 4 is 11.6 Å². The molecular formula is C20H17F2N3O2. The van der Waals surface area contributed by atoms with Gasteiger partial charge in [0.25, 0.3) is 0 Å². The van der Waals surface area contributed by atoms with Crippen molar-refractivity contribution in [3.05, 3.63) is 71.5 Å². The maximum Gasteiger partial charge on any atom is 0.238 e. The molecule has 3 aromatic rings. The number of fused-ring (bicyclic) bond motifs is 1. The minimum atomic E-state index is -0.931. The van der Waals surface area contributed by atoms with Crippen molar-refractivity contribution in [3.8, 4) is 11.3 Å². The summed E-state index contributed by atoms with van der Waals surface area (Å²) in [6.45, 7) is 1.33. The lowest BCUT2D eigenvalue weighted by atomic mass is 10.0. The summed E-state index contributed by atoms with van der Waals surface area (Å²) in [6.07, 6.45) is 0.602. The number of anilines is 1. The summed E-state index contributed by atoms with van der Waals surface area (Å²) in [4.78, 5) is 14.3. The van der Waals surface area contributed by atoms with Crippen LogP contribution in [0.2, 0.25) is 0 Å². The summed E-state index contributed by atoms with van der Waals surface area (Å²) in [6, 6.07) is 12.9. The van der Waals surface area contributed by atoms with Gasteiger partial charge in [0.05, 0.1) is 6.54 Å². The molecule has 0 spiro atoms. The fourth-order valence-corrected chi connectivity index (χ4v) is 3.20. The number of amides is 1. The second-order valence-electron chi connectivity index (χ2n) is 6.44. The molecule has 1 aromatic heterocycles. The van der Waals surface area contributed by atoms with E-state index in [4.69, 9.17) is 4.52 Å². The molecule has 5 nitrogen and oxygen atoms in total. The molecule has 27 heavy (non-hydrogen) atoms. The number of nitrogens with zero attached hydrogens (tertiary/aromatic N) is 2. The number of benzene rings is 2. The van der Waals surface area contributed by atoms with Gasteiger partial charge in [0, 0.05) is 36.3 Å². The van der Waals surface area contributed by atoms with Gasteiger partial charge in [-0.1, -0.05) is 23.4 Å². The average Bonchev–Trinajstić information content (AvgIpc) is 3.08. The largest absolute Gasteiger partial charge is 0.360 e. The summed E-state index contributed by atoms with van der Waals surface area (Å²) in [5, 5.41) is 6.88. The van der Waals surface area contributed by atoms with Crippen LogP contribution in [0, 0.1) is 11.6 Å². The van der Waals surface area contributed by atoms with Gasteiger partial charge in [0.15, 0.2) is 11.6 Å². The van der Waals surface area contributed by atoms with E-state index in [2.05, 4.69) is 10.5 Å². The molecule has 1 aliphatic heterocycles. The summed E-state index contributed by atoms with van der Waals surface area (Å²) in [7, 11) is 0. The summed E-state index contributed by atoms with van der Waals surface area (Å²) >= 11 is 0. The molecule has 2 aromatic carbocycles. The SMILES string of the molecule is O=C(CN1CCc2onc(-c3ccc(F)c(F)c3)c2C1)Nc1ccccc1. The zero-order chi connectivity index (χ0) is 18.8. The van der Waals surface area contributed by atoms with E-state index >= 15 is 0 Å².